The van der Waals surface area contributed by atoms with Gasteiger partial charge in [-0.05, 0) is 6.92 Å². The fourth-order valence-corrected chi connectivity index (χ4v) is 2.70. The zero-order valence-electron chi connectivity index (χ0n) is 11.2. The van der Waals surface area contributed by atoms with Crippen LogP contribution in [0.1, 0.15) is 12.6 Å². The average Bonchev–Trinajstić information content (AvgIpc) is 2.75. The molecule has 2 heterocycles. The van der Waals surface area contributed by atoms with Crippen molar-refractivity contribution in [1.82, 2.24) is 14.8 Å². The summed E-state index contributed by atoms with van der Waals surface area (Å²) >= 11 is 1.43. The summed E-state index contributed by atoms with van der Waals surface area (Å²) in [7, 11) is 0. The van der Waals surface area contributed by atoms with Crippen LogP contribution in [0.4, 0.5) is 5.13 Å². The summed E-state index contributed by atoms with van der Waals surface area (Å²) in [5, 5.41) is 5.34. The number of thiazole rings is 1. The Balaban J connectivity index is 1.76. The molecule has 1 N–H and O–H groups in total. The van der Waals surface area contributed by atoms with Gasteiger partial charge in [0.1, 0.15) is 0 Å². The van der Waals surface area contributed by atoms with Crippen molar-refractivity contribution in [3.63, 3.8) is 0 Å². The Hall–Kier alpha value is -1.47. The predicted molar refractivity (Wildman–Crippen MR) is 74.2 cm³/mol. The van der Waals surface area contributed by atoms with Gasteiger partial charge in [0.15, 0.2) is 5.13 Å². The lowest BCUT2D eigenvalue weighted by molar-refractivity contribution is -0.130. The molecule has 2 rings (SSSR count). The third-order valence-corrected chi connectivity index (χ3v) is 3.93. The monoisotopic (exact) mass is 282 g/mol. The number of carbonyl (C=O) groups is 2. The number of nitrogens with one attached hydrogen (secondary N) is 1. The Labute approximate surface area is 116 Å². The van der Waals surface area contributed by atoms with Gasteiger partial charge in [0.25, 0.3) is 0 Å². The first kappa shape index (κ1) is 14.0. The van der Waals surface area contributed by atoms with Gasteiger partial charge in [-0.15, -0.1) is 11.3 Å². The fourth-order valence-electron chi connectivity index (χ4n) is 1.99. The Morgan fingerprint density at radius 1 is 1.37 bits per heavy atom. The number of hydrogen-bond acceptors (Lipinski definition) is 5. The molecular weight excluding hydrogens is 264 g/mol. The van der Waals surface area contributed by atoms with E-state index in [9.17, 15) is 9.59 Å². The van der Waals surface area contributed by atoms with Crippen molar-refractivity contribution in [1.29, 1.82) is 0 Å². The molecule has 1 fully saturated rings. The van der Waals surface area contributed by atoms with Crippen LogP contribution in [0.25, 0.3) is 0 Å². The van der Waals surface area contributed by atoms with Crippen LogP contribution in [0.15, 0.2) is 5.38 Å². The van der Waals surface area contributed by atoms with E-state index in [1.54, 1.807) is 11.8 Å². The van der Waals surface area contributed by atoms with Crippen molar-refractivity contribution in [2.75, 3.05) is 38.0 Å². The van der Waals surface area contributed by atoms with Crippen LogP contribution in [0.3, 0.4) is 0 Å². The molecule has 0 bridgehead atoms. The van der Waals surface area contributed by atoms with Crippen LogP contribution in [-0.4, -0.2) is 59.3 Å². The standard InChI is InChI=1S/C12H18N4O2S/c1-9-8-19-12(13-9)14-11(18)7-15-3-5-16(6-4-15)10(2)17/h8H,3-7H2,1-2H3,(H,13,14,18). The third kappa shape index (κ3) is 4.00. The van der Waals surface area contributed by atoms with Crippen molar-refractivity contribution >= 4 is 28.3 Å². The van der Waals surface area contributed by atoms with Crippen molar-refractivity contribution in [3.8, 4) is 0 Å². The van der Waals surface area contributed by atoms with Gasteiger partial charge in [-0.2, -0.15) is 0 Å². The number of aromatic nitrogens is 1. The Bertz CT molecular complexity index is 466. The van der Waals surface area contributed by atoms with Gasteiger partial charge in [-0.3, -0.25) is 14.5 Å². The molecule has 0 unspecified atom stereocenters. The number of piperazine rings is 1. The highest BCUT2D eigenvalue weighted by Gasteiger charge is 2.20. The lowest BCUT2D eigenvalue weighted by Crippen LogP contribution is -2.49. The molecule has 0 aromatic carbocycles. The van der Waals surface area contributed by atoms with Crippen molar-refractivity contribution in [3.05, 3.63) is 11.1 Å². The summed E-state index contributed by atoms with van der Waals surface area (Å²) in [4.78, 5) is 31.1. The number of anilines is 1. The largest absolute Gasteiger partial charge is 0.340 e. The Kier molecular flexibility index (Phi) is 4.49. The first-order chi connectivity index (χ1) is 9.04. The predicted octanol–water partition coefficient (Wildman–Crippen LogP) is 0.554. The highest BCUT2D eigenvalue weighted by molar-refractivity contribution is 7.13. The van der Waals surface area contributed by atoms with Crippen LogP contribution >= 0.6 is 11.3 Å². The van der Waals surface area contributed by atoms with Crippen molar-refractivity contribution in [2.45, 2.75) is 13.8 Å². The van der Waals surface area contributed by atoms with Gasteiger partial charge in [0, 0.05) is 38.5 Å². The molecule has 2 amide bonds. The second-order valence-electron chi connectivity index (χ2n) is 4.62. The zero-order chi connectivity index (χ0) is 13.8. The summed E-state index contributed by atoms with van der Waals surface area (Å²) in [6.45, 7) is 6.69. The van der Waals surface area contributed by atoms with E-state index in [1.165, 1.54) is 11.3 Å². The molecule has 104 valence electrons. The van der Waals surface area contributed by atoms with Crippen LogP contribution in [0.2, 0.25) is 0 Å². The van der Waals surface area contributed by atoms with Crippen molar-refractivity contribution < 1.29 is 9.59 Å². The van der Waals surface area contributed by atoms with E-state index < -0.39 is 0 Å². The molecule has 1 aromatic rings. The molecule has 19 heavy (non-hydrogen) atoms. The lowest BCUT2D eigenvalue weighted by Gasteiger charge is -2.33. The van der Waals surface area contributed by atoms with Crippen LogP contribution in [0.5, 0.6) is 0 Å². The van der Waals surface area contributed by atoms with E-state index in [0.29, 0.717) is 24.8 Å². The Morgan fingerprint density at radius 2 is 2.05 bits per heavy atom. The SMILES string of the molecule is CC(=O)N1CCN(CC(=O)Nc2nc(C)cs2)CC1. The van der Waals surface area contributed by atoms with E-state index in [0.717, 1.165) is 18.8 Å². The lowest BCUT2D eigenvalue weighted by atomic mass is 10.3. The van der Waals surface area contributed by atoms with E-state index in [2.05, 4.69) is 15.2 Å². The van der Waals surface area contributed by atoms with E-state index in [-0.39, 0.29) is 11.8 Å². The van der Waals surface area contributed by atoms with Gasteiger partial charge < -0.3 is 10.2 Å². The maximum absolute atomic E-state index is 11.8. The van der Waals surface area contributed by atoms with Crippen molar-refractivity contribution in [2.24, 2.45) is 0 Å². The second kappa shape index (κ2) is 6.12. The zero-order valence-corrected chi connectivity index (χ0v) is 12.0. The Morgan fingerprint density at radius 3 is 2.58 bits per heavy atom. The number of aryl methyl sites for hydroxylation is 1. The topological polar surface area (TPSA) is 65.5 Å². The van der Waals surface area contributed by atoms with E-state index in [4.69, 9.17) is 0 Å². The van der Waals surface area contributed by atoms with E-state index in [1.807, 2.05) is 12.3 Å². The number of nitrogens with zero attached hydrogens (tertiary/aromatic N) is 3. The molecule has 0 aliphatic carbocycles. The van der Waals surface area contributed by atoms with Gasteiger partial charge in [-0.25, -0.2) is 4.98 Å². The quantitative estimate of drug-likeness (QED) is 0.879. The number of amides is 2. The van der Waals surface area contributed by atoms with Crippen LogP contribution < -0.4 is 5.32 Å². The van der Waals surface area contributed by atoms with Gasteiger partial charge in [0.2, 0.25) is 11.8 Å². The minimum Gasteiger partial charge on any atom is -0.340 e. The maximum Gasteiger partial charge on any atom is 0.240 e. The first-order valence-electron chi connectivity index (χ1n) is 6.24. The maximum atomic E-state index is 11.8. The number of hydrogen-bond donors (Lipinski definition) is 1. The summed E-state index contributed by atoms with van der Waals surface area (Å²) in [6, 6.07) is 0. The molecule has 1 saturated heterocycles. The first-order valence-corrected chi connectivity index (χ1v) is 7.12. The molecule has 6 nitrogen and oxygen atoms in total. The van der Waals surface area contributed by atoms with Crippen LogP contribution in [0, 0.1) is 6.92 Å². The second-order valence-corrected chi connectivity index (χ2v) is 5.48. The molecule has 0 radical (unpaired) electrons. The van der Waals surface area contributed by atoms with Crippen LogP contribution in [-0.2, 0) is 9.59 Å². The summed E-state index contributed by atoms with van der Waals surface area (Å²) in [5.74, 6) is 0.0491. The summed E-state index contributed by atoms with van der Waals surface area (Å²) in [5.41, 5.74) is 0.912. The van der Waals surface area contributed by atoms with E-state index >= 15 is 0 Å². The third-order valence-electron chi connectivity index (χ3n) is 3.05. The molecule has 7 heteroatoms. The van der Waals surface area contributed by atoms with Gasteiger partial charge in [0.05, 0.1) is 12.2 Å². The fraction of sp³-hybridized carbons (Fsp3) is 0.583. The number of carbonyl (C=O) groups excluding carboxylic acids is 2. The molecule has 1 aliphatic heterocycles. The molecule has 0 saturated carbocycles. The smallest absolute Gasteiger partial charge is 0.240 e. The van der Waals surface area contributed by atoms with Gasteiger partial charge >= 0.3 is 0 Å². The minimum atomic E-state index is -0.0503. The minimum absolute atomic E-state index is 0.0503. The molecule has 1 aliphatic rings. The molecule has 0 atom stereocenters. The summed E-state index contributed by atoms with van der Waals surface area (Å²) in [6.07, 6.45) is 0. The molecule has 1 aromatic heterocycles. The molecule has 0 spiro atoms. The summed E-state index contributed by atoms with van der Waals surface area (Å²) < 4.78 is 0. The average molecular weight is 282 g/mol. The number of rotatable bonds is 3. The highest BCUT2D eigenvalue weighted by Crippen LogP contribution is 2.14. The normalized spacial score (nSPS) is 16.4. The molecular formula is C12H18N4O2S. The van der Waals surface area contributed by atoms with Gasteiger partial charge in [-0.1, -0.05) is 0 Å². The highest BCUT2D eigenvalue weighted by atomic mass is 32.1.